The van der Waals surface area contributed by atoms with Crippen LogP contribution in [0.2, 0.25) is 0 Å². The van der Waals surface area contributed by atoms with Gasteiger partial charge >= 0.3 is 6.18 Å². The number of aldehydes is 1. The molecule has 3 rings (SSSR count). The number of pyridine rings is 1. The molecule has 0 aliphatic rings. The summed E-state index contributed by atoms with van der Waals surface area (Å²) in [4.78, 5) is 27.1. The number of carbonyl (C=O) groups excluding carboxylic acids is 1. The lowest BCUT2D eigenvalue weighted by Crippen LogP contribution is -2.32. The summed E-state index contributed by atoms with van der Waals surface area (Å²) in [7, 11) is 1.26. The highest BCUT2D eigenvalue weighted by Crippen LogP contribution is 2.25. The molecule has 0 saturated carbocycles. The SMILES string of the molecule is CC(C)(C=O)Nc1ccnc(-c2c[nH]c3ncccc23)n1.CNCC(F)(F)F. The Bertz CT molecular complexity index is 923. The summed E-state index contributed by atoms with van der Waals surface area (Å²) in [6, 6.07) is 5.58. The van der Waals surface area contributed by atoms with Gasteiger partial charge in [-0.05, 0) is 39.1 Å². The zero-order valence-corrected chi connectivity index (χ0v) is 15.6. The Morgan fingerprint density at radius 3 is 2.54 bits per heavy atom. The minimum absolute atomic E-state index is 0.584. The Labute approximate surface area is 159 Å². The van der Waals surface area contributed by atoms with E-state index >= 15 is 0 Å². The maximum Gasteiger partial charge on any atom is 0.401 e. The number of hydrogen-bond acceptors (Lipinski definition) is 6. The van der Waals surface area contributed by atoms with Gasteiger partial charge in [-0.15, -0.1) is 0 Å². The van der Waals surface area contributed by atoms with Crippen molar-refractivity contribution >= 4 is 23.1 Å². The molecule has 150 valence electrons. The third-order valence-electron chi connectivity index (χ3n) is 3.47. The molecule has 0 saturated heterocycles. The van der Waals surface area contributed by atoms with Crippen LogP contribution in [-0.4, -0.2) is 51.5 Å². The molecule has 0 spiro atoms. The van der Waals surface area contributed by atoms with Crippen molar-refractivity contribution in [2.24, 2.45) is 0 Å². The van der Waals surface area contributed by atoms with Crippen molar-refractivity contribution in [3.05, 3.63) is 36.8 Å². The summed E-state index contributed by atoms with van der Waals surface area (Å²) in [6.07, 6.45) is 2.02. The van der Waals surface area contributed by atoms with E-state index < -0.39 is 18.3 Å². The largest absolute Gasteiger partial charge is 0.401 e. The molecule has 0 aliphatic carbocycles. The van der Waals surface area contributed by atoms with Crippen LogP contribution in [0.4, 0.5) is 19.0 Å². The lowest BCUT2D eigenvalue weighted by molar-refractivity contribution is -0.123. The van der Waals surface area contributed by atoms with Gasteiger partial charge in [0.15, 0.2) is 5.82 Å². The lowest BCUT2D eigenvalue weighted by atomic mass is 10.1. The molecule has 0 bridgehead atoms. The minimum atomic E-state index is -4.06. The number of anilines is 1. The number of fused-ring (bicyclic) bond motifs is 1. The molecule has 0 atom stereocenters. The van der Waals surface area contributed by atoms with Gasteiger partial charge in [0.05, 0.1) is 12.1 Å². The van der Waals surface area contributed by atoms with Gasteiger partial charge in [0.25, 0.3) is 0 Å². The average molecular weight is 394 g/mol. The van der Waals surface area contributed by atoms with Crippen molar-refractivity contribution < 1.29 is 18.0 Å². The maximum atomic E-state index is 11.0. The van der Waals surface area contributed by atoms with Crippen molar-refractivity contribution in [2.45, 2.75) is 25.6 Å². The number of nitrogens with zero attached hydrogens (tertiary/aromatic N) is 3. The Morgan fingerprint density at radius 1 is 1.18 bits per heavy atom. The van der Waals surface area contributed by atoms with Crippen LogP contribution in [0.5, 0.6) is 0 Å². The van der Waals surface area contributed by atoms with Crippen molar-refractivity contribution in [2.75, 3.05) is 18.9 Å². The van der Waals surface area contributed by atoms with Gasteiger partial charge in [0.1, 0.15) is 17.8 Å². The van der Waals surface area contributed by atoms with E-state index in [0.29, 0.717) is 11.6 Å². The molecule has 3 heterocycles. The second-order valence-corrected chi connectivity index (χ2v) is 6.48. The molecule has 28 heavy (non-hydrogen) atoms. The van der Waals surface area contributed by atoms with Crippen molar-refractivity contribution in [1.29, 1.82) is 0 Å². The summed E-state index contributed by atoms with van der Waals surface area (Å²) in [5.74, 6) is 1.19. The van der Waals surface area contributed by atoms with Gasteiger partial charge in [0, 0.05) is 29.5 Å². The first-order valence-corrected chi connectivity index (χ1v) is 8.36. The van der Waals surface area contributed by atoms with Crippen LogP contribution in [-0.2, 0) is 4.79 Å². The van der Waals surface area contributed by atoms with E-state index in [0.717, 1.165) is 22.9 Å². The predicted molar refractivity (Wildman–Crippen MR) is 101 cm³/mol. The van der Waals surface area contributed by atoms with Crippen LogP contribution in [0.25, 0.3) is 22.4 Å². The lowest BCUT2D eigenvalue weighted by Gasteiger charge is -2.19. The van der Waals surface area contributed by atoms with E-state index in [1.54, 1.807) is 32.3 Å². The molecule has 0 unspecified atom stereocenters. The van der Waals surface area contributed by atoms with Gasteiger partial charge in [-0.3, -0.25) is 0 Å². The summed E-state index contributed by atoms with van der Waals surface area (Å²) < 4.78 is 33.0. The number of nitrogens with one attached hydrogen (secondary N) is 3. The molecule has 3 aromatic heterocycles. The molecule has 0 fully saturated rings. The number of halogens is 3. The fourth-order valence-corrected chi connectivity index (χ4v) is 2.26. The second-order valence-electron chi connectivity index (χ2n) is 6.48. The van der Waals surface area contributed by atoms with Crippen molar-refractivity contribution in [1.82, 2.24) is 25.3 Å². The summed E-state index contributed by atoms with van der Waals surface area (Å²) in [5.41, 5.74) is 1.00. The summed E-state index contributed by atoms with van der Waals surface area (Å²) in [6.45, 7) is 2.67. The van der Waals surface area contributed by atoms with Crippen LogP contribution in [0.15, 0.2) is 36.8 Å². The Morgan fingerprint density at radius 2 is 1.93 bits per heavy atom. The molecule has 3 N–H and O–H groups in total. The number of rotatable bonds is 5. The monoisotopic (exact) mass is 394 g/mol. The van der Waals surface area contributed by atoms with Crippen LogP contribution in [0.3, 0.4) is 0 Å². The van der Waals surface area contributed by atoms with E-state index in [1.807, 2.05) is 23.6 Å². The second kappa shape index (κ2) is 8.79. The van der Waals surface area contributed by atoms with Gasteiger partial charge in [-0.1, -0.05) is 0 Å². The molecule has 10 heteroatoms. The van der Waals surface area contributed by atoms with E-state index in [4.69, 9.17) is 0 Å². The fraction of sp³-hybridized carbons (Fsp3) is 0.333. The van der Waals surface area contributed by atoms with Crippen molar-refractivity contribution in [3.63, 3.8) is 0 Å². The van der Waals surface area contributed by atoms with Gasteiger partial charge in [-0.2, -0.15) is 13.2 Å². The normalized spacial score (nSPS) is 11.6. The Balaban J connectivity index is 0.000000345. The quantitative estimate of drug-likeness (QED) is 0.576. The van der Waals surface area contributed by atoms with E-state index in [-0.39, 0.29) is 0 Å². The summed E-state index contributed by atoms with van der Waals surface area (Å²) in [5, 5.41) is 6.02. The smallest absolute Gasteiger partial charge is 0.358 e. The highest BCUT2D eigenvalue weighted by Gasteiger charge is 2.24. The number of alkyl halides is 3. The number of aromatic nitrogens is 4. The average Bonchev–Trinajstić information content (AvgIpc) is 3.05. The van der Waals surface area contributed by atoms with Gasteiger partial charge in [0.2, 0.25) is 0 Å². The third kappa shape index (κ3) is 6.02. The van der Waals surface area contributed by atoms with Gasteiger partial charge in [-0.25, -0.2) is 15.0 Å². The molecule has 0 aromatic carbocycles. The van der Waals surface area contributed by atoms with Crippen LogP contribution < -0.4 is 10.6 Å². The summed E-state index contributed by atoms with van der Waals surface area (Å²) >= 11 is 0. The standard InChI is InChI=1S/C15H15N5O.C3H6F3N/c1-15(2,9-21)20-12-5-7-17-14(19-12)11-8-18-13-10(11)4-3-6-16-13;1-7-2-3(4,5)6/h3-9H,1-2H3,(H,16,18)(H,17,19,20);7H,2H2,1H3. The molecule has 0 aliphatic heterocycles. The van der Waals surface area contributed by atoms with Crippen LogP contribution >= 0.6 is 0 Å². The Kier molecular flexibility index (Phi) is 6.68. The molecule has 0 radical (unpaired) electrons. The zero-order valence-electron chi connectivity index (χ0n) is 15.6. The number of hydrogen-bond donors (Lipinski definition) is 3. The van der Waals surface area contributed by atoms with E-state index in [1.165, 1.54) is 7.05 Å². The van der Waals surface area contributed by atoms with Crippen LogP contribution in [0.1, 0.15) is 13.8 Å². The van der Waals surface area contributed by atoms with Crippen molar-refractivity contribution in [3.8, 4) is 11.4 Å². The highest BCUT2D eigenvalue weighted by atomic mass is 19.4. The first-order valence-electron chi connectivity index (χ1n) is 8.36. The topological polar surface area (TPSA) is 95.6 Å². The first kappa shape index (κ1) is 21.3. The highest BCUT2D eigenvalue weighted by molar-refractivity contribution is 5.91. The zero-order chi connectivity index (χ0) is 20.8. The maximum absolute atomic E-state index is 11.0. The number of H-pyrrole nitrogens is 1. The molecular weight excluding hydrogens is 373 g/mol. The molecular formula is C18H21F3N6O. The predicted octanol–water partition coefficient (Wildman–Crippen LogP) is 3.18. The van der Waals surface area contributed by atoms with Crippen LogP contribution in [0, 0.1) is 0 Å². The molecule has 7 nitrogen and oxygen atoms in total. The fourth-order valence-electron chi connectivity index (χ4n) is 2.26. The molecule has 3 aromatic rings. The van der Waals surface area contributed by atoms with Gasteiger partial charge < -0.3 is 20.4 Å². The minimum Gasteiger partial charge on any atom is -0.358 e. The molecule has 0 amide bonds. The van der Waals surface area contributed by atoms with E-state index in [9.17, 15) is 18.0 Å². The first-order chi connectivity index (χ1) is 13.1. The third-order valence-corrected chi connectivity index (χ3v) is 3.47. The number of carbonyl (C=O) groups is 1. The Hall–Kier alpha value is -3.01. The van der Waals surface area contributed by atoms with E-state index in [2.05, 4.69) is 25.3 Å². The number of aromatic amines is 1.